The van der Waals surface area contributed by atoms with Gasteiger partial charge in [0.15, 0.2) is 0 Å². The molecule has 1 aromatic heterocycles. The maximum absolute atomic E-state index is 5.74. The highest BCUT2D eigenvalue weighted by Crippen LogP contribution is 2.22. The van der Waals surface area contributed by atoms with Crippen molar-refractivity contribution in [2.45, 2.75) is 24.0 Å². The van der Waals surface area contributed by atoms with Crippen LogP contribution in [0.3, 0.4) is 0 Å². The van der Waals surface area contributed by atoms with Gasteiger partial charge < -0.3 is 0 Å². The summed E-state index contributed by atoms with van der Waals surface area (Å²) in [4.78, 5) is 4.27. The van der Waals surface area contributed by atoms with E-state index in [4.69, 9.17) is 5.14 Å². The molecular weight excluding hydrogens is 190 g/mol. The van der Waals surface area contributed by atoms with E-state index < -0.39 is 10.9 Å². The van der Waals surface area contributed by atoms with Gasteiger partial charge in [0.05, 0.1) is 11.2 Å². The number of hydrogen-bond donors (Lipinski definition) is 1. The molecule has 0 aliphatic carbocycles. The number of nitrogens with zero attached hydrogens (tertiary/aromatic N) is 2. The molecule has 68 valence electrons. The zero-order valence-electron chi connectivity index (χ0n) is 7.44. The molecule has 1 atom stereocenters. The molecule has 0 bridgehead atoms. The van der Waals surface area contributed by atoms with Gasteiger partial charge in [-0.1, -0.05) is 13.8 Å². The van der Waals surface area contributed by atoms with Crippen LogP contribution in [0.15, 0.2) is 14.8 Å². The van der Waals surface area contributed by atoms with E-state index in [1.54, 1.807) is 18.4 Å². The molecule has 0 radical (unpaired) electrons. The summed E-state index contributed by atoms with van der Waals surface area (Å²) in [5, 5.41) is 6.88. The second-order valence-electron chi connectivity index (χ2n) is 2.67. The molecule has 0 aliphatic heterocycles. The Morgan fingerprint density at radius 1 is 1.67 bits per heavy atom. The third kappa shape index (κ3) is 2.12. The molecule has 5 heteroatoms. The molecule has 1 unspecified atom stereocenters. The van der Waals surface area contributed by atoms with Crippen LogP contribution in [0, 0.1) is 0 Å². The molecule has 0 saturated heterocycles. The van der Waals surface area contributed by atoms with Crippen molar-refractivity contribution < 1.29 is 0 Å². The van der Waals surface area contributed by atoms with Crippen LogP contribution in [0.4, 0.5) is 0 Å². The average Bonchev–Trinajstić information content (AvgIpc) is 2.51. The first-order valence-electron chi connectivity index (χ1n) is 3.69. The predicted octanol–water partition coefficient (Wildman–Crippen LogP) is 1.93. The third-order valence-electron chi connectivity index (χ3n) is 1.40. The number of thiazole rings is 1. The summed E-state index contributed by atoms with van der Waals surface area (Å²) in [5.41, 5.74) is 0. The molecule has 0 saturated carbocycles. The first kappa shape index (κ1) is 9.83. The Balaban J connectivity index is 2.92. The summed E-state index contributed by atoms with van der Waals surface area (Å²) in [6.07, 6.45) is 1.83. The van der Waals surface area contributed by atoms with Gasteiger partial charge in [-0.05, 0) is 0 Å². The Hall–Kier alpha value is -0.260. The van der Waals surface area contributed by atoms with Crippen molar-refractivity contribution in [3.8, 4) is 0 Å². The SMILES string of the molecule is CN=S(N)c1cnc(C(C)C)s1. The van der Waals surface area contributed by atoms with Gasteiger partial charge in [0.2, 0.25) is 0 Å². The van der Waals surface area contributed by atoms with Gasteiger partial charge in [-0.25, -0.2) is 9.35 Å². The van der Waals surface area contributed by atoms with E-state index in [9.17, 15) is 0 Å². The molecule has 2 N–H and O–H groups in total. The Labute approximate surface area is 79.3 Å². The molecular formula is C7H13N3S2. The normalized spacial score (nSPS) is 14.1. The Bertz CT molecular complexity index is 291. The Morgan fingerprint density at radius 3 is 2.75 bits per heavy atom. The average molecular weight is 203 g/mol. The van der Waals surface area contributed by atoms with Crippen molar-refractivity contribution in [3.05, 3.63) is 11.2 Å². The zero-order valence-corrected chi connectivity index (χ0v) is 9.08. The first-order valence-corrected chi connectivity index (χ1v) is 5.75. The summed E-state index contributed by atoms with van der Waals surface area (Å²) in [6.45, 7) is 4.25. The quantitative estimate of drug-likeness (QED) is 0.798. The third-order valence-corrected chi connectivity index (χ3v) is 4.16. The van der Waals surface area contributed by atoms with Crippen LogP contribution in [0.5, 0.6) is 0 Å². The standard InChI is InChI=1S/C7H13N3S2/c1-5(2)7-10-4-6(11-7)12(8)9-3/h4-5H,1-3H3,(H2,8,9). The minimum atomic E-state index is -0.455. The van der Waals surface area contributed by atoms with E-state index in [2.05, 4.69) is 23.2 Å². The summed E-state index contributed by atoms with van der Waals surface area (Å²) < 4.78 is 5.08. The van der Waals surface area contributed by atoms with E-state index >= 15 is 0 Å². The monoisotopic (exact) mass is 203 g/mol. The topological polar surface area (TPSA) is 51.3 Å². The van der Waals surface area contributed by atoms with Crippen LogP contribution < -0.4 is 5.14 Å². The molecule has 1 aromatic rings. The summed E-state index contributed by atoms with van der Waals surface area (Å²) in [7, 11) is 1.28. The van der Waals surface area contributed by atoms with Crippen LogP contribution in [0.1, 0.15) is 24.8 Å². The van der Waals surface area contributed by atoms with E-state index in [1.807, 2.05) is 6.20 Å². The predicted molar refractivity (Wildman–Crippen MR) is 54.4 cm³/mol. The van der Waals surface area contributed by atoms with Crippen molar-refractivity contribution >= 4 is 22.2 Å². The van der Waals surface area contributed by atoms with Crippen molar-refractivity contribution in [1.82, 2.24) is 4.98 Å². The van der Waals surface area contributed by atoms with Crippen LogP contribution in [0.2, 0.25) is 0 Å². The molecule has 0 aliphatic rings. The van der Waals surface area contributed by atoms with Gasteiger partial charge in [0.1, 0.15) is 4.21 Å². The molecule has 1 heterocycles. The smallest absolute Gasteiger partial charge is 0.105 e. The molecule has 0 aromatic carbocycles. The summed E-state index contributed by atoms with van der Waals surface area (Å²) in [5.74, 6) is 0.484. The lowest BCUT2D eigenvalue weighted by Crippen LogP contribution is -1.99. The van der Waals surface area contributed by atoms with E-state index in [-0.39, 0.29) is 0 Å². The molecule has 0 fully saturated rings. The van der Waals surface area contributed by atoms with Crippen LogP contribution in [0.25, 0.3) is 0 Å². The van der Waals surface area contributed by atoms with Gasteiger partial charge in [-0.3, -0.25) is 5.14 Å². The lowest BCUT2D eigenvalue weighted by Gasteiger charge is -1.96. The molecule has 0 amide bonds. The Morgan fingerprint density at radius 2 is 2.33 bits per heavy atom. The van der Waals surface area contributed by atoms with Crippen molar-refractivity contribution in [2.75, 3.05) is 7.05 Å². The highest BCUT2D eigenvalue weighted by Gasteiger charge is 2.06. The number of aromatic nitrogens is 1. The maximum Gasteiger partial charge on any atom is 0.105 e. The fourth-order valence-electron chi connectivity index (χ4n) is 0.726. The highest BCUT2D eigenvalue weighted by molar-refractivity contribution is 7.87. The van der Waals surface area contributed by atoms with E-state index in [0.29, 0.717) is 5.92 Å². The number of nitrogens with two attached hydrogens (primary N) is 1. The van der Waals surface area contributed by atoms with Gasteiger partial charge >= 0.3 is 0 Å². The van der Waals surface area contributed by atoms with Crippen molar-refractivity contribution in [1.29, 1.82) is 0 Å². The maximum atomic E-state index is 5.74. The second kappa shape index (κ2) is 4.11. The zero-order chi connectivity index (χ0) is 9.14. The van der Waals surface area contributed by atoms with Crippen molar-refractivity contribution in [3.63, 3.8) is 0 Å². The summed E-state index contributed by atoms with van der Waals surface area (Å²) in [6, 6.07) is 0. The second-order valence-corrected chi connectivity index (χ2v) is 5.42. The molecule has 12 heavy (non-hydrogen) atoms. The van der Waals surface area contributed by atoms with Crippen molar-refractivity contribution in [2.24, 2.45) is 9.50 Å². The van der Waals surface area contributed by atoms with Gasteiger partial charge in [0, 0.05) is 23.8 Å². The van der Waals surface area contributed by atoms with E-state index in [0.717, 1.165) is 9.22 Å². The van der Waals surface area contributed by atoms with Crippen LogP contribution in [-0.2, 0) is 10.9 Å². The molecule has 3 nitrogen and oxygen atoms in total. The number of rotatable bonds is 2. The minimum Gasteiger partial charge on any atom is -0.264 e. The lowest BCUT2D eigenvalue weighted by molar-refractivity contribution is 0.852. The summed E-state index contributed by atoms with van der Waals surface area (Å²) >= 11 is 1.66. The van der Waals surface area contributed by atoms with E-state index in [1.165, 1.54) is 0 Å². The fourth-order valence-corrected chi connectivity index (χ4v) is 2.54. The fraction of sp³-hybridized carbons (Fsp3) is 0.571. The number of hydrogen-bond acceptors (Lipinski definition) is 3. The highest BCUT2D eigenvalue weighted by atomic mass is 32.2. The van der Waals surface area contributed by atoms with Gasteiger partial charge in [-0.2, -0.15) is 0 Å². The lowest BCUT2D eigenvalue weighted by atomic mass is 10.2. The Kier molecular flexibility index (Phi) is 3.37. The van der Waals surface area contributed by atoms with Gasteiger partial charge in [0.25, 0.3) is 0 Å². The van der Waals surface area contributed by atoms with Gasteiger partial charge in [-0.15, -0.1) is 11.3 Å². The first-order chi connectivity index (χ1) is 5.65. The van der Waals surface area contributed by atoms with Crippen LogP contribution in [-0.4, -0.2) is 12.0 Å². The van der Waals surface area contributed by atoms with Crippen LogP contribution >= 0.6 is 11.3 Å². The largest absolute Gasteiger partial charge is 0.264 e. The molecule has 0 spiro atoms. The minimum absolute atomic E-state index is 0.455. The molecule has 1 rings (SSSR count).